The highest BCUT2D eigenvalue weighted by atomic mass is 32.2. The molecular weight excluding hydrogens is 328 g/mol. The molecule has 124 valence electrons. The fourth-order valence-corrected chi connectivity index (χ4v) is 3.14. The van der Waals surface area contributed by atoms with Crippen molar-refractivity contribution in [3.05, 3.63) is 30.1 Å². The van der Waals surface area contributed by atoms with Crippen molar-refractivity contribution in [3.63, 3.8) is 0 Å². The van der Waals surface area contributed by atoms with E-state index < -0.39 is 0 Å². The maximum Gasteiger partial charge on any atom is 0.244 e. The summed E-state index contributed by atoms with van der Waals surface area (Å²) >= 11 is 1.21. The highest BCUT2D eigenvalue weighted by Crippen LogP contribution is 2.19. The van der Waals surface area contributed by atoms with Crippen molar-refractivity contribution in [3.8, 4) is 0 Å². The number of benzene rings is 1. The van der Waals surface area contributed by atoms with Crippen LogP contribution in [0.4, 0.5) is 0 Å². The van der Waals surface area contributed by atoms with Crippen LogP contribution in [0, 0.1) is 0 Å². The van der Waals surface area contributed by atoms with E-state index in [1.807, 2.05) is 35.9 Å². The fraction of sp³-hybridized carbons (Fsp3) is 0.267. The summed E-state index contributed by atoms with van der Waals surface area (Å²) in [7, 11) is 1.93. The number of imidazole rings is 1. The van der Waals surface area contributed by atoms with Crippen molar-refractivity contribution in [2.24, 2.45) is 12.0 Å². The Kier molecular flexibility index (Phi) is 4.34. The lowest BCUT2D eigenvalue weighted by Crippen LogP contribution is -2.26. The standard InChI is InChI=1S/C15H16N6O2S/c1-9(22)16-14(17-10(2)23)24-8-13-18-15-20(3)11-6-4-5-7-12(11)21(15)19-13/h4-7H,8H2,1-3H3,(H,16,17,22,23). The van der Waals surface area contributed by atoms with Crippen molar-refractivity contribution in [1.29, 1.82) is 0 Å². The topological polar surface area (TPSA) is 93.6 Å². The van der Waals surface area contributed by atoms with E-state index in [9.17, 15) is 9.59 Å². The van der Waals surface area contributed by atoms with Gasteiger partial charge in [0.2, 0.25) is 17.6 Å². The molecule has 0 aliphatic rings. The SMILES string of the molecule is CC(=O)N=C(NC(C)=O)SCc1nc2n(C)c3ccccc3n2n1. The molecule has 8 nitrogen and oxygen atoms in total. The number of para-hydroxylation sites is 2. The molecule has 24 heavy (non-hydrogen) atoms. The Bertz CT molecular complexity index is 971. The van der Waals surface area contributed by atoms with Crippen LogP contribution in [0.1, 0.15) is 19.7 Å². The summed E-state index contributed by atoms with van der Waals surface area (Å²) in [5.74, 6) is 1.06. The molecule has 0 spiro atoms. The molecule has 0 unspecified atom stereocenters. The number of aryl methyl sites for hydroxylation is 1. The molecule has 0 saturated heterocycles. The molecule has 1 N–H and O–H groups in total. The lowest BCUT2D eigenvalue weighted by atomic mass is 10.3. The number of carbonyl (C=O) groups is 2. The van der Waals surface area contributed by atoms with Crippen LogP contribution in [-0.4, -0.2) is 36.1 Å². The molecule has 0 saturated carbocycles. The third-order valence-corrected chi connectivity index (χ3v) is 4.15. The summed E-state index contributed by atoms with van der Waals surface area (Å²) < 4.78 is 3.75. The van der Waals surface area contributed by atoms with Crippen LogP contribution in [0.25, 0.3) is 16.8 Å². The minimum Gasteiger partial charge on any atom is -0.311 e. The van der Waals surface area contributed by atoms with Crippen molar-refractivity contribution >= 4 is 45.6 Å². The van der Waals surface area contributed by atoms with Crippen LogP contribution in [0.3, 0.4) is 0 Å². The number of aliphatic imine (C=N–C) groups is 1. The van der Waals surface area contributed by atoms with E-state index in [-0.39, 0.29) is 17.0 Å². The van der Waals surface area contributed by atoms with Crippen LogP contribution >= 0.6 is 11.8 Å². The maximum absolute atomic E-state index is 11.2. The normalized spacial score (nSPS) is 12.0. The quantitative estimate of drug-likeness (QED) is 0.561. The number of nitrogens with zero attached hydrogens (tertiary/aromatic N) is 5. The summed E-state index contributed by atoms with van der Waals surface area (Å²) in [6.45, 7) is 2.70. The predicted octanol–water partition coefficient (Wildman–Crippen LogP) is 1.49. The second-order valence-corrected chi connectivity index (χ2v) is 6.16. The van der Waals surface area contributed by atoms with Gasteiger partial charge < -0.3 is 9.88 Å². The van der Waals surface area contributed by atoms with Crippen LogP contribution < -0.4 is 5.32 Å². The van der Waals surface area contributed by atoms with Gasteiger partial charge >= 0.3 is 0 Å². The molecule has 0 bridgehead atoms. The molecule has 2 heterocycles. The van der Waals surface area contributed by atoms with E-state index in [4.69, 9.17) is 0 Å². The number of amides is 2. The third-order valence-electron chi connectivity index (χ3n) is 3.29. The Morgan fingerprint density at radius 1 is 1.25 bits per heavy atom. The van der Waals surface area contributed by atoms with E-state index >= 15 is 0 Å². The van der Waals surface area contributed by atoms with Crippen molar-refractivity contribution < 1.29 is 9.59 Å². The van der Waals surface area contributed by atoms with E-state index in [2.05, 4.69) is 20.4 Å². The third kappa shape index (κ3) is 3.16. The monoisotopic (exact) mass is 344 g/mol. The number of thioether (sulfide) groups is 1. The average Bonchev–Trinajstić information content (AvgIpc) is 3.04. The van der Waals surface area contributed by atoms with E-state index in [1.165, 1.54) is 25.6 Å². The van der Waals surface area contributed by atoms with E-state index in [0.29, 0.717) is 11.6 Å². The zero-order chi connectivity index (χ0) is 17.3. The molecule has 9 heteroatoms. The van der Waals surface area contributed by atoms with Gasteiger partial charge in [-0.25, -0.2) is 0 Å². The first-order valence-electron chi connectivity index (χ1n) is 7.24. The van der Waals surface area contributed by atoms with E-state index in [1.54, 1.807) is 4.52 Å². The Labute approximate surface area is 142 Å². The van der Waals surface area contributed by atoms with Gasteiger partial charge in [-0.05, 0) is 12.1 Å². The summed E-state index contributed by atoms with van der Waals surface area (Å²) in [6, 6.07) is 7.91. The van der Waals surface area contributed by atoms with Crippen molar-refractivity contribution in [1.82, 2.24) is 24.5 Å². The van der Waals surface area contributed by atoms with Crippen LogP contribution in [0.2, 0.25) is 0 Å². The Balaban J connectivity index is 1.86. The number of rotatable bonds is 2. The largest absolute Gasteiger partial charge is 0.311 e. The zero-order valence-electron chi connectivity index (χ0n) is 13.5. The molecule has 0 aliphatic heterocycles. The molecule has 0 radical (unpaired) electrons. The molecular formula is C15H16N6O2S. The second-order valence-electron chi connectivity index (χ2n) is 5.19. The van der Waals surface area contributed by atoms with E-state index in [0.717, 1.165) is 16.8 Å². The molecule has 0 fully saturated rings. The molecule has 0 atom stereocenters. The van der Waals surface area contributed by atoms with Gasteiger partial charge in [-0.2, -0.15) is 14.5 Å². The van der Waals surface area contributed by atoms with Gasteiger partial charge in [0.05, 0.1) is 16.8 Å². The lowest BCUT2D eigenvalue weighted by molar-refractivity contribution is -0.117. The average molecular weight is 344 g/mol. The van der Waals surface area contributed by atoms with Crippen molar-refractivity contribution in [2.45, 2.75) is 19.6 Å². The number of amidine groups is 1. The number of carbonyl (C=O) groups excluding carboxylic acids is 2. The van der Waals surface area contributed by atoms with Crippen molar-refractivity contribution in [2.75, 3.05) is 0 Å². The van der Waals surface area contributed by atoms with Gasteiger partial charge in [0.25, 0.3) is 0 Å². The van der Waals surface area contributed by atoms with Gasteiger partial charge in [-0.3, -0.25) is 9.59 Å². The minimum absolute atomic E-state index is 0.249. The van der Waals surface area contributed by atoms with Gasteiger partial charge in [-0.1, -0.05) is 23.9 Å². The second kappa shape index (κ2) is 6.44. The first-order chi connectivity index (χ1) is 11.5. The number of fused-ring (bicyclic) bond motifs is 3. The molecule has 3 rings (SSSR count). The summed E-state index contributed by atoms with van der Waals surface area (Å²) in [6.07, 6.45) is 0. The molecule has 3 aromatic rings. The summed E-state index contributed by atoms with van der Waals surface area (Å²) in [5, 5.41) is 7.29. The lowest BCUT2D eigenvalue weighted by Gasteiger charge is -2.03. The van der Waals surface area contributed by atoms with Gasteiger partial charge in [-0.15, -0.1) is 5.10 Å². The Hall–Kier alpha value is -2.68. The minimum atomic E-state index is -0.375. The number of aromatic nitrogens is 4. The van der Waals surface area contributed by atoms with Gasteiger partial charge in [0.15, 0.2) is 11.0 Å². The smallest absolute Gasteiger partial charge is 0.244 e. The van der Waals surface area contributed by atoms with Gasteiger partial charge in [0, 0.05) is 20.9 Å². The summed E-state index contributed by atoms with van der Waals surface area (Å²) in [5.41, 5.74) is 2.02. The highest BCUT2D eigenvalue weighted by molar-refractivity contribution is 8.13. The number of hydrogen-bond donors (Lipinski definition) is 1. The number of nitrogens with one attached hydrogen (secondary N) is 1. The molecule has 0 aliphatic carbocycles. The first-order valence-corrected chi connectivity index (χ1v) is 8.23. The predicted molar refractivity (Wildman–Crippen MR) is 92.7 cm³/mol. The highest BCUT2D eigenvalue weighted by Gasteiger charge is 2.14. The number of hydrogen-bond acceptors (Lipinski definition) is 5. The molecule has 1 aromatic carbocycles. The summed E-state index contributed by atoms with van der Waals surface area (Å²) in [4.78, 5) is 30.6. The molecule has 2 aromatic heterocycles. The Morgan fingerprint density at radius 3 is 2.62 bits per heavy atom. The van der Waals surface area contributed by atoms with Crippen LogP contribution in [0.15, 0.2) is 29.3 Å². The van der Waals surface area contributed by atoms with Crippen LogP contribution in [0.5, 0.6) is 0 Å². The zero-order valence-corrected chi connectivity index (χ0v) is 14.3. The maximum atomic E-state index is 11.2. The fourth-order valence-electron chi connectivity index (χ4n) is 2.34. The Morgan fingerprint density at radius 2 is 1.96 bits per heavy atom. The molecule has 2 amide bonds. The van der Waals surface area contributed by atoms with Gasteiger partial charge in [0.1, 0.15) is 0 Å². The van der Waals surface area contributed by atoms with Crippen LogP contribution in [-0.2, 0) is 22.4 Å². The first kappa shape index (κ1) is 16.2.